The molecule has 1 aromatic heterocycles. The fourth-order valence-corrected chi connectivity index (χ4v) is 8.74. The molecule has 17 heteroatoms. The van der Waals surface area contributed by atoms with Crippen LogP contribution in [0.3, 0.4) is 0 Å². The van der Waals surface area contributed by atoms with Crippen molar-refractivity contribution in [1.82, 2.24) is 19.9 Å². The number of aliphatic carboxylic acids is 1. The lowest BCUT2D eigenvalue weighted by Crippen LogP contribution is -2.53. The molecule has 0 bridgehead atoms. The van der Waals surface area contributed by atoms with Crippen LogP contribution in [0.1, 0.15) is 42.7 Å². The molecule has 2 atom stereocenters. The number of ether oxygens (including phenoxy) is 1. The maximum absolute atomic E-state index is 15.5. The maximum atomic E-state index is 15.5. The summed E-state index contributed by atoms with van der Waals surface area (Å²) in [5.41, 5.74) is 3.13. The van der Waals surface area contributed by atoms with E-state index < -0.39 is 103 Å². The highest BCUT2D eigenvalue weighted by Gasteiger charge is 2.49. The number of rotatable bonds is 16. The molecular formula is C35H36F4N4O7S2. The SMILES string of the molecule is COC(=O)NC(C(=O)NCC(F)(F)CCC(C(=O)O)N(CC1CC(F)(F)C1)S(=O)(=O)c1ccc2ncsc2c1)C(c1ccccc1)c1ccccc1. The third-order valence-electron chi connectivity index (χ3n) is 8.85. The molecule has 5 rings (SSSR count). The Bertz CT molecular complexity index is 1940. The largest absolute Gasteiger partial charge is 0.480 e. The van der Waals surface area contributed by atoms with E-state index in [2.05, 4.69) is 15.6 Å². The van der Waals surface area contributed by atoms with Gasteiger partial charge in [-0.05, 0) is 41.7 Å². The highest BCUT2D eigenvalue weighted by atomic mass is 32.2. The molecular weight excluding hydrogens is 729 g/mol. The molecule has 0 radical (unpaired) electrons. The van der Waals surface area contributed by atoms with Crippen molar-refractivity contribution in [2.24, 2.45) is 5.92 Å². The summed E-state index contributed by atoms with van der Waals surface area (Å²) in [6.45, 7) is -1.92. The molecule has 4 aromatic rings. The average molecular weight is 765 g/mol. The zero-order valence-electron chi connectivity index (χ0n) is 27.8. The second-order valence-electron chi connectivity index (χ2n) is 12.6. The number of amides is 2. The number of hydrogen-bond donors (Lipinski definition) is 3. The topological polar surface area (TPSA) is 155 Å². The van der Waals surface area contributed by atoms with Gasteiger partial charge in [0, 0.05) is 31.7 Å². The van der Waals surface area contributed by atoms with Crippen LogP contribution in [0, 0.1) is 5.92 Å². The second kappa shape index (κ2) is 16.0. The number of methoxy groups -OCH3 is 1. The molecule has 3 aromatic carbocycles. The summed E-state index contributed by atoms with van der Waals surface area (Å²) in [6, 6.07) is 17.5. The van der Waals surface area contributed by atoms with Gasteiger partial charge in [-0.25, -0.2) is 35.8 Å². The Hall–Kier alpha value is -4.61. The molecule has 1 aliphatic carbocycles. The van der Waals surface area contributed by atoms with E-state index in [1.54, 1.807) is 60.7 Å². The number of fused-ring (bicyclic) bond motifs is 1. The molecule has 1 fully saturated rings. The van der Waals surface area contributed by atoms with Gasteiger partial charge < -0.3 is 20.5 Å². The first kappa shape index (κ1) is 38.6. The molecule has 2 unspecified atom stereocenters. The monoisotopic (exact) mass is 764 g/mol. The molecule has 3 N–H and O–H groups in total. The molecule has 0 spiro atoms. The van der Waals surface area contributed by atoms with Crippen LogP contribution in [-0.4, -0.2) is 84.9 Å². The number of halogens is 4. The van der Waals surface area contributed by atoms with Crippen LogP contribution < -0.4 is 10.6 Å². The van der Waals surface area contributed by atoms with Crippen molar-refractivity contribution in [3.05, 3.63) is 95.5 Å². The van der Waals surface area contributed by atoms with E-state index in [1.807, 2.05) is 0 Å². The first-order valence-electron chi connectivity index (χ1n) is 16.2. The Labute approximate surface area is 301 Å². The molecule has 0 saturated heterocycles. The van der Waals surface area contributed by atoms with Crippen LogP contribution >= 0.6 is 11.3 Å². The van der Waals surface area contributed by atoms with Gasteiger partial charge >= 0.3 is 12.1 Å². The minimum atomic E-state index is -4.68. The van der Waals surface area contributed by atoms with Gasteiger partial charge in [0.1, 0.15) is 12.1 Å². The zero-order chi connectivity index (χ0) is 37.7. The summed E-state index contributed by atoms with van der Waals surface area (Å²) in [5, 5.41) is 14.7. The first-order valence-corrected chi connectivity index (χ1v) is 18.5. The van der Waals surface area contributed by atoms with E-state index >= 15 is 8.78 Å². The quantitative estimate of drug-likeness (QED) is 0.120. The number of nitrogens with zero attached hydrogens (tertiary/aromatic N) is 2. The molecule has 1 saturated carbocycles. The predicted octanol–water partition coefficient (Wildman–Crippen LogP) is 5.87. The number of thiazole rings is 1. The maximum Gasteiger partial charge on any atom is 0.407 e. The lowest BCUT2D eigenvalue weighted by atomic mass is 9.81. The first-order chi connectivity index (χ1) is 24.6. The number of alkyl carbamates (subject to hydrolysis) is 1. The summed E-state index contributed by atoms with van der Waals surface area (Å²) < 4.78 is 92.0. The summed E-state index contributed by atoms with van der Waals surface area (Å²) >= 11 is 1.13. The van der Waals surface area contributed by atoms with E-state index in [1.165, 1.54) is 23.7 Å². The van der Waals surface area contributed by atoms with Crippen LogP contribution in [0.4, 0.5) is 22.4 Å². The lowest BCUT2D eigenvalue weighted by Gasteiger charge is -2.39. The summed E-state index contributed by atoms with van der Waals surface area (Å²) in [7, 11) is -3.61. The summed E-state index contributed by atoms with van der Waals surface area (Å²) in [6.07, 6.45) is -4.47. The van der Waals surface area contributed by atoms with Crippen molar-refractivity contribution >= 4 is 49.5 Å². The van der Waals surface area contributed by atoms with E-state index in [-0.39, 0.29) is 4.90 Å². The zero-order valence-corrected chi connectivity index (χ0v) is 29.4. The number of carboxylic acid groups (broad SMARTS) is 1. The molecule has 278 valence electrons. The number of alkyl halides is 4. The fourth-order valence-electron chi connectivity index (χ4n) is 6.23. The Morgan fingerprint density at radius 3 is 2.21 bits per heavy atom. The van der Waals surface area contributed by atoms with Crippen molar-refractivity contribution in [1.29, 1.82) is 0 Å². The molecule has 0 aliphatic heterocycles. The van der Waals surface area contributed by atoms with Gasteiger partial charge in [0.2, 0.25) is 21.9 Å². The van der Waals surface area contributed by atoms with Gasteiger partial charge in [-0.1, -0.05) is 60.7 Å². The standard InChI is InChI=1S/C35H36F4N4O7S2/c1-50-33(47)42-30(29(23-8-4-2-5-9-23)24-10-6-3-7-11-24)31(44)40-20-34(36,37)15-14-27(32(45)46)43(19-22-17-35(38,39)18-22)52(48,49)25-12-13-26-28(16-25)51-21-41-26/h2-13,16,21-22,27,29-30H,14-15,17-20H2,1H3,(H,40,44)(H,42,47)(H,45,46). The number of sulfonamides is 1. The highest BCUT2D eigenvalue weighted by molar-refractivity contribution is 7.89. The Morgan fingerprint density at radius 1 is 1.04 bits per heavy atom. The predicted molar refractivity (Wildman–Crippen MR) is 184 cm³/mol. The van der Waals surface area contributed by atoms with Crippen LogP contribution in [0.25, 0.3) is 10.2 Å². The van der Waals surface area contributed by atoms with Crippen molar-refractivity contribution in [3.8, 4) is 0 Å². The Morgan fingerprint density at radius 2 is 1.65 bits per heavy atom. The summed E-state index contributed by atoms with van der Waals surface area (Å²) in [4.78, 5) is 42.2. The third-order valence-corrected chi connectivity index (χ3v) is 11.5. The van der Waals surface area contributed by atoms with Crippen LogP contribution in [0.15, 0.2) is 89.3 Å². The second-order valence-corrected chi connectivity index (χ2v) is 15.3. The fraction of sp³-hybridized carbons (Fsp3) is 0.371. The third kappa shape index (κ3) is 9.24. The van der Waals surface area contributed by atoms with Crippen LogP contribution in [0.2, 0.25) is 0 Å². The van der Waals surface area contributed by atoms with Gasteiger partial charge in [0.05, 0.1) is 34.3 Å². The number of benzene rings is 3. The average Bonchev–Trinajstić information content (AvgIpc) is 3.58. The van der Waals surface area contributed by atoms with Gasteiger partial charge in [0.25, 0.3) is 5.92 Å². The summed E-state index contributed by atoms with van der Waals surface area (Å²) in [5.74, 6) is -11.3. The number of nitrogens with one attached hydrogen (secondary N) is 2. The van der Waals surface area contributed by atoms with Gasteiger partial charge in [0.15, 0.2) is 0 Å². The minimum absolute atomic E-state index is 0.337. The number of carbonyl (C=O) groups is 3. The number of aromatic nitrogens is 1. The molecule has 2 amide bonds. The van der Waals surface area contributed by atoms with Crippen molar-refractivity contribution < 1.29 is 50.2 Å². The molecule has 52 heavy (non-hydrogen) atoms. The number of carbonyl (C=O) groups excluding carboxylic acids is 2. The minimum Gasteiger partial charge on any atom is -0.480 e. The van der Waals surface area contributed by atoms with E-state index in [4.69, 9.17) is 4.74 Å². The van der Waals surface area contributed by atoms with E-state index in [0.29, 0.717) is 25.6 Å². The van der Waals surface area contributed by atoms with Crippen molar-refractivity contribution in [2.45, 2.75) is 60.4 Å². The normalized spacial score (nSPS) is 15.9. The van der Waals surface area contributed by atoms with Crippen LogP contribution in [-0.2, 0) is 24.3 Å². The van der Waals surface area contributed by atoms with Gasteiger partial charge in [-0.2, -0.15) is 4.31 Å². The number of carboxylic acids is 1. The van der Waals surface area contributed by atoms with Crippen molar-refractivity contribution in [2.75, 3.05) is 20.2 Å². The lowest BCUT2D eigenvalue weighted by molar-refractivity contribution is -0.144. The van der Waals surface area contributed by atoms with E-state index in [0.717, 1.165) is 18.4 Å². The molecule has 1 heterocycles. The van der Waals surface area contributed by atoms with Crippen LogP contribution in [0.5, 0.6) is 0 Å². The smallest absolute Gasteiger partial charge is 0.407 e. The van der Waals surface area contributed by atoms with Gasteiger partial charge in [-0.15, -0.1) is 11.3 Å². The highest BCUT2D eigenvalue weighted by Crippen LogP contribution is 2.44. The van der Waals surface area contributed by atoms with E-state index in [9.17, 15) is 36.7 Å². The Kier molecular flexibility index (Phi) is 11.9. The van der Waals surface area contributed by atoms with Gasteiger partial charge in [-0.3, -0.25) is 9.59 Å². The molecule has 1 aliphatic rings. The Balaban J connectivity index is 1.35. The molecule has 11 nitrogen and oxygen atoms in total. The number of hydrogen-bond acceptors (Lipinski definition) is 8. The van der Waals surface area contributed by atoms with Crippen molar-refractivity contribution in [3.63, 3.8) is 0 Å².